The number of carboxylic acid groups (broad SMARTS) is 1. The van der Waals surface area contributed by atoms with E-state index in [9.17, 15) is 18.3 Å². The van der Waals surface area contributed by atoms with E-state index in [4.69, 9.17) is 11.6 Å². The van der Waals surface area contributed by atoms with Crippen LogP contribution >= 0.6 is 11.6 Å². The Morgan fingerprint density at radius 1 is 1.16 bits per heavy atom. The molecule has 2 aromatic carbocycles. The number of aliphatic carboxylic acids is 1. The third-order valence-electron chi connectivity index (χ3n) is 4.13. The van der Waals surface area contributed by atoms with E-state index in [1.165, 1.54) is 31.3 Å². The first-order valence-corrected chi connectivity index (χ1v) is 9.47. The van der Waals surface area contributed by atoms with E-state index in [1.807, 2.05) is 32.0 Å². The van der Waals surface area contributed by atoms with Gasteiger partial charge in [0.25, 0.3) is 0 Å². The number of hydrogen-bond donors (Lipinski definition) is 1. The molecule has 0 radical (unpaired) electrons. The van der Waals surface area contributed by atoms with Gasteiger partial charge in [-0.3, -0.25) is 4.79 Å². The smallest absolute Gasteiger partial charge is 0.322 e. The first-order valence-electron chi connectivity index (χ1n) is 7.65. The number of sulfonamides is 1. The van der Waals surface area contributed by atoms with Crippen LogP contribution in [-0.4, -0.2) is 36.9 Å². The summed E-state index contributed by atoms with van der Waals surface area (Å²) in [5, 5.41) is 10.0. The predicted molar refractivity (Wildman–Crippen MR) is 97.4 cm³/mol. The summed E-state index contributed by atoms with van der Waals surface area (Å²) in [5.74, 6) is -1.19. The number of nitrogens with zero attached hydrogens (tertiary/aromatic N) is 1. The quantitative estimate of drug-likeness (QED) is 0.833. The molecule has 1 atom stereocenters. The number of likely N-dealkylation sites (N-methyl/N-ethyl adjacent to an activating group) is 1. The molecule has 0 saturated carbocycles. The molecule has 0 fully saturated rings. The summed E-state index contributed by atoms with van der Waals surface area (Å²) in [6, 6.07) is 10.2. The topological polar surface area (TPSA) is 74.7 Å². The Bertz CT molecular complexity index is 878. The van der Waals surface area contributed by atoms with Gasteiger partial charge >= 0.3 is 5.97 Å². The van der Waals surface area contributed by atoms with Crippen LogP contribution in [0.2, 0.25) is 5.02 Å². The van der Waals surface area contributed by atoms with Crippen molar-refractivity contribution in [2.24, 2.45) is 0 Å². The summed E-state index contributed by atoms with van der Waals surface area (Å²) >= 11 is 5.79. The lowest BCUT2D eigenvalue weighted by Gasteiger charge is -2.25. The van der Waals surface area contributed by atoms with Crippen LogP contribution in [0.1, 0.15) is 16.7 Å². The number of carboxylic acids is 1. The lowest BCUT2D eigenvalue weighted by atomic mass is 9.99. The fourth-order valence-electron chi connectivity index (χ4n) is 2.54. The molecule has 5 nitrogen and oxygen atoms in total. The maximum atomic E-state index is 12.8. The lowest BCUT2D eigenvalue weighted by Crippen LogP contribution is -2.43. The second-order valence-electron chi connectivity index (χ2n) is 5.96. The number of benzene rings is 2. The van der Waals surface area contributed by atoms with E-state index in [-0.39, 0.29) is 11.3 Å². The fourth-order valence-corrected chi connectivity index (χ4v) is 3.98. The van der Waals surface area contributed by atoms with Crippen LogP contribution in [0, 0.1) is 13.8 Å². The van der Waals surface area contributed by atoms with Crippen molar-refractivity contribution in [1.29, 1.82) is 0 Å². The van der Waals surface area contributed by atoms with Crippen LogP contribution in [0.25, 0.3) is 0 Å². The largest absolute Gasteiger partial charge is 0.480 e. The van der Waals surface area contributed by atoms with Gasteiger partial charge in [0.2, 0.25) is 10.0 Å². The van der Waals surface area contributed by atoms with Crippen LogP contribution in [0.15, 0.2) is 47.4 Å². The fraction of sp³-hybridized carbons (Fsp3) is 0.278. The first kappa shape index (κ1) is 19.4. The number of aryl methyl sites for hydroxylation is 2. The molecule has 0 aromatic heterocycles. The van der Waals surface area contributed by atoms with Crippen LogP contribution in [0.4, 0.5) is 0 Å². The van der Waals surface area contributed by atoms with E-state index in [0.29, 0.717) is 5.02 Å². The van der Waals surface area contributed by atoms with Crippen LogP contribution in [0.3, 0.4) is 0 Å². The Kier molecular flexibility index (Phi) is 5.87. The standard InChI is InChI=1S/C18H20ClNO4S/c1-12-4-5-13(2)14(10-12)11-17(18(21)22)20(3)25(23,24)16-8-6-15(19)7-9-16/h4-10,17H,11H2,1-3H3,(H,21,22)/t17-/m1/s1. The van der Waals surface area contributed by atoms with Gasteiger partial charge in [-0.2, -0.15) is 4.31 Å². The van der Waals surface area contributed by atoms with Crippen molar-refractivity contribution >= 4 is 27.6 Å². The van der Waals surface area contributed by atoms with Crippen molar-refractivity contribution in [3.8, 4) is 0 Å². The maximum Gasteiger partial charge on any atom is 0.322 e. The predicted octanol–water partition coefficient (Wildman–Crippen LogP) is 3.27. The molecule has 25 heavy (non-hydrogen) atoms. The summed E-state index contributed by atoms with van der Waals surface area (Å²) in [7, 11) is -2.66. The lowest BCUT2D eigenvalue weighted by molar-refractivity contribution is -0.141. The summed E-state index contributed by atoms with van der Waals surface area (Å²) < 4.78 is 26.4. The van der Waals surface area contributed by atoms with Gasteiger partial charge in [-0.1, -0.05) is 35.4 Å². The summed E-state index contributed by atoms with van der Waals surface area (Å²) in [6.07, 6.45) is 0.0895. The van der Waals surface area contributed by atoms with Gasteiger partial charge < -0.3 is 5.11 Å². The molecule has 7 heteroatoms. The zero-order valence-electron chi connectivity index (χ0n) is 14.2. The minimum Gasteiger partial charge on any atom is -0.480 e. The van der Waals surface area contributed by atoms with Crippen molar-refractivity contribution in [2.45, 2.75) is 31.2 Å². The first-order chi connectivity index (χ1) is 11.6. The van der Waals surface area contributed by atoms with Gasteiger partial charge in [-0.15, -0.1) is 0 Å². The molecule has 134 valence electrons. The van der Waals surface area contributed by atoms with Crippen molar-refractivity contribution in [3.63, 3.8) is 0 Å². The maximum absolute atomic E-state index is 12.8. The highest BCUT2D eigenvalue weighted by Gasteiger charge is 2.33. The van der Waals surface area contributed by atoms with Crippen LogP contribution in [-0.2, 0) is 21.2 Å². The van der Waals surface area contributed by atoms with Crippen LogP contribution < -0.4 is 0 Å². The molecule has 0 spiro atoms. The van der Waals surface area contributed by atoms with Crippen molar-refractivity contribution < 1.29 is 18.3 Å². The molecular weight excluding hydrogens is 362 g/mol. The Hall–Kier alpha value is -1.89. The average molecular weight is 382 g/mol. The van der Waals surface area contributed by atoms with Gasteiger partial charge in [0.1, 0.15) is 6.04 Å². The number of carbonyl (C=O) groups is 1. The summed E-state index contributed by atoms with van der Waals surface area (Å²) in [5.41, 5.74) is 2.73. The van der Waals surface area contributed by atoms with Crippen LogP contribution in [0.5, 0.6) is 0 Å². The highest BCUT2D eigenvalue weighted by Crippen LogP contribution is 2.22. The van der Waals surface area contributed by atoms with Gasteiger partial charge in [0.15, 0.2) is 0 Å². The molecule has 0 unspecified atom stereocenters. The highest BCUT2D eigenvalue weighted by atomic mass is 35.5. The third kappa shape index (κ3) is 4.39. The van der Waals surface area contributed by atoms with Crippen molar-refractivity contribution in [3.05, 3.63) is 64.2 Å². The Balaban J connectivity index is 2.37. The average Bonchev–Trinajstić information content (AvgIpc) is 2.55. The molecule has 2 rings (SSSR count). The molecule has 0 amide bonds. The Labute approximate surface area is 152 Å². The second-order valence-corrected chi connectivity index (χ2v) is 8.40. The SMILES string of the molecule is Cc1ccc(C)c(C[C@H](C(=O)O)N(C)S(=O)(=O)c2ccc(Cl)cc2)c1. The van der Waals surface area contributed by atoms with Gasteiger partial charge in [-0.25, -0.2) is 8.42 Å². The molecule has 0 bridgehead atoms. The molecule has 2 aromatic rings. The normalized spacial score (nSPS) is 13.0. The van der Waals surface area contributed by atoms with E-state index < -0.39 is 22.0 Å². The molecule has 1 N–H and O–H groups in total. The van der Waals surface area contributed by atoms with E-state index >= 15 is 0 Å². The number of halogens is 1. The second kappa shape index (κ2) is 7.56. The van der Waals surface area contributed by atoms with E-state index in [0.717, 1.165) is 21.0 Å². The zero-order valence-corrected chi connectivity index (χ0v) is 15.8. The number of hydrogen-bond acceptors (Lipinski definition) is 3. The Morgan fingerprint density at radius 2 is 1.76 bits per heavy atom. The third-order valence-corrected chi connectivity index (χ3v) is 6.27. The Morgan fingerprint density at radius 3 is 2.32 bits per heavy atom. The molecule has 0 aliphatic rings. The zero-order chi connectivity index (χ0) is 18.8. The summed E-state index contributed by atoms with van der Waals surface area (Å²) in [4.78, 5) is 11.8. The molecule has 0 saturated heterocycles. The number of rotatable bonds is 6. The van der Waals surface area contributed by atoms with Crippen molar-refractivity contribution in [1.82, 2.24) is 4.31 Å². The van der Waals surface area contributed by atoms with Crippen molar-refractivity contribution in [2.75, 3.05) is 7.05 Å². The van der Waals surface area contributed by atoms with Gasteiger partial charge in [-0.05, 0) is 55.7 Å². The van der Waals surface area contributed by atoms with E-state index in [2.05, 4.69) is 0 Å². The highest BCUT2D eigenvalue weighted by molar-refractivity contribution is 7.89. The molecular formula is C18H20ClNO4S. The molecule has 0 heterocycles. The van der Waals surface area contributed by atoms with Gasteiger partial charge in [0, 0.05) is 12.1 Å². The summed E-state index contributed by atoms with van der Waals surface area (Å²) in [6.45, 7) is 3.79. The molecule has 0 aliphatic heterocycles. The monoisotopic (exact) mass is 381 g/mol. The van der Waals surface area contributed by atoms with Gasteiger partial charge in [0.05, 0.1) is 4.90 Å². The minimum absolute atomic E-state index is 0.00612. The molecule has 0 aliphatic carbocycles. The van der Waals surface area contributed by atoms with E-state index in [1.54, 1.807) is 0 Å². The minimum atomic E-state index is -3.95.